The molecule has 2 fully saturated rings. The molecule has 2 aromatic rings. The largest absolute Gasteiger partial charge is 0.490 e. The lowest BCUT2D eigenvalue weighted by Gasteiger charge is -2.27. The molecule has 0 aliphatic heterocycles. The molecule has 8 heteroatoms. The van der Waals surface area contributed by atoms with Crippen LogP contribution in [0.3, 0.4) is 0 Å². The number of nitrogens with one attached hydrogen (secondary N) is 1. The first kappa shape index (κ1) is 21.2. The van der Waals surface area contributed by atoms with Crippen molar-refractivity contribution in [2.75, 3.05) is 5.32 Å². The van der Waals surface area contributed by atoms with E-state index in [2.05, 4.69) is 10.5 Å². The minimum absolute atomic E-state index is 0.103. The summed E-state index contributed by atoms with van der Waals surface area (Å²) < 4.78 is 16.9. The van der Waals surface area contributed by atoms with Crippen molar-refractivity contribution in [3.8, 4) is 17.1 Å². The number of carboxylic acids is 1. The highest BCUT2D eigenvalue weighted by atomic mass is 16.6. The zero-order valence-electron chi connectivity index (χ0n) is 17.8. The Morgan fingerprint density at radius 2 is 1.94 bits per heavy atom. The average molecular weight is 428 g/mol. The van der Waals surface area contributed by atoms with Gasteiger partial charge in [0.05, 0.1) is 12.0 Å². The summed E-state index contributed by atoms with van der Waals surface area (Å²) in [5.74, 6) is 0.476. The maximum atomic E-state index is 12.3. The van der Waals surface area contributed by atoms with Crippen LogP contribution in [-0.2, 0) is 9.53 Å². The van der Waals surface area contributed by atoms with E-state index in [0.29, 0.717) is 41.7 Å². The lowest BCUT2D eigenvalue weighted by atomic mass is 9.87. The van der Waals surface area contributed by atoms with Crippen LogP contribution < -0.4 is 10.1 Å². The molecule has 2 aliphatic carbocycles. The minimum Gasteiger partial charge on any atom is -0.490 e. The van der Waals surface area contributed by atoms with Crippen LogP contribution in [0.15, 0.2) is 28.8 Å². The van der Waals surface area contributed by atoms with Gasteiger partial charge >= 0.3 is 12.1 Å². The van der Waals surface area contributed by atoms with Crippen molar-refractivity contribution in [2.24, 2.45) is 11.8 Å². The Labute approximate surface area is 180 Å². The first-order chi connectivity index (χ1) is 14.9. The van der Waals surface area contributed by atoms with Gasteiger partial charge in [0.2, 0.25) is 0 Å². The quantitative estimate of drug-likeness (QED) is 0.637. The van der Waals surface area contributed by atoms with E-state index in [9.17, 15) is 14.7 Å². The van der Waals surface area contributed by atoms with E-state index >= 15 is 0 Å². The lowest BCUT2D eigenvalue weighted by molar-refractivity contribution is -0.143. The fraction of sp³-hybridized carbons (Fsp3) is 0.522. The molecule has 4 rings (SSSR count). The molecule has 0 unspecified atom stereocenters. The standard InChI is InChI=1S/C23H28N2O6/c1-13-20(24-23(28)29-14(2)15-6-7-15)21(31-25-13)16-8-10-18(11-9-16)30-19-5-3-4-17(12-19)22(26)27/h8-11,14-15,17,19H,3-7,12H2,1-2H3,(H,24,28)(H,26,27)/t14-,17-,19+/m1/s1. The SMILES string of the molecule is Cc1noc(-c2ccc(O[C@H]3CCC[C@@H](C(=O)O)C3)cc2)c1NC(=O)O[C@H](C)C1CC1. The van der Waals surface area contributed by atoms with Gasteiger partial charge in [-0.3, -0.25) is 10.1 Å². The number of anilines is 1. The van der Waals surface area contributed by atoms with E-state index in [4.69, 9.17) is 14.0 Å². The maximum absolute atomic E-state index is 12.3. The van der Waals surface area contributed by atoms with Crippen molar-refractivity contribution in [2.45, 2.75) is 64.6 Å². The Kier molecular flexibility index (Phi) is 6.15. The first-order valence-electron chi connectivity index (χ1n) is 10.8. The first-order valence-corrected chi connectivity index (χ1v) is 10.8. The van der Waals surface area contributed by atoms with E-state index in [-0.39, 0.29) is 18.1 Å². The second kappa shape index (κ2) is 8.99. The average Bonchev–Trinajstić information content (AvgIpc) is 3.54. The molecule has 166 valence electrons. The van der Waals surface area contributed by atoms with Crippen molar-refractivity contribution in [1.82, 2.24) is 5.16 Å². The number of hydrogen-bond donors (Lipinski definition) is 2. The fourth-order valence-corrected chi connectivity index (χ4v) is 4.03. The van der Waals surface area contributed by atoms with Gasteiger partial charge in [0.1, 0.15) is 23.2 Å². The summed E-state index contributed by atoms with van der Waals surface area (Å²) >= 11 is 0. The van der Waals surface area contributed by atoms with Gasteiger partial charge in [0, 0.05) is 5.56 Å². The molecule has 1 aromatic carbocycles. The van der Waals surface area contributed by atoms with Gasteiger partial charge in [-0.1, -0.05) is 5.16 Å². The number of hydrogen-bond acceptors (Lipinski definition) is 6. The third kappa shape index (κ3) is 5.18. The van der Waals surface area contributed by atoms with Gasteiger partial charge < -0.3 is 19.1 Å². The van der Waals surface area contributed by atoms with Gasteiger partial charge in [-0.25, -0.2) is 4.79 Å². The van der Waals surface area contributed by atoms with Crippen LogP contribution in [0.2, 0.25) is 0 Å². The molecular weight excluding hydrogens is 400 g/mol. The Hall–Kier alpha value is -3.03. The molecule has 0 bridgehead atoms. The molecule has 2 aliphatic rings. The number of aliphatic carboxylic acids is 1. The Morgan fingerprint density at radius 3 is 2.61 bits per heavy atom. The number of benzene rings is 1. The highest BCUT2D eigenvalue weighted by Crippen LogP contribution is 2.36. The number of aromatic nitrogens is 1. The third-order valence-corrected chi connectivity index (χ3v) is 6.06. The van der Waals surface area contributed by atoms with E-state index in [0.717, 1.165) is 31.2 Å². The molecule has 0 saturated heterocycles. The molecule has 0 radical (unpaired) electrons. The van der Waals surface area contributed by atoms with Gasteiger partial charge in [0.15, 0.2) is 5.76 Å². The second-order valence-corrected chi connectivity index (χ2v) is 8.51. The molecule has 8 nitrogen and oxygen atoms in total. The molecule has 31 heavy (non-hydrogen) atoms. The van der Waals surface area contributed by atoms with Crippen molar-refractivity contribution < 1.29 is 28.7 Å². The van der Waals surface area contributed by atoms with E-state index in [1.807, 2.05) is 31.2 Å². The van der Waals surface area contributed by atoms with Crippen LogP contribution in [0.1, 0.15) is 51.1 Å². The summed E-state index contributed by atoms with van der Waals surface area (Å²) in [6, 6.07) is 7.29. The van der Waals surface area contributed by atoms with Crippen molar-refractivity contribution in [3.63, 3.8) is 0 Å². The molecule has 1 amide bonds. The predicted octanol–water partition coefficient (Wildman–Crippen LogP) is 5.02. The monoisotopic (exact) mass is 428 g/mol. The zero-order valence-corrected chi connectivity index (χ0v) is 17.8. The van der Waals surface area contributed by atoms with Crippen LogP contribution in [0, 0.1) is 18.8 Å². The summed E-state index contributed by atoms with van der Waals surface area (Å²) in [7, 11) is 0. The lowest BCUT2D eigenvalue weighted by Crippen LogP contribution is -2.29. The number of nitrogens with zero attached hydrogens (tertiary/aromatic N) is 1. The summed E-state index contributed by atoms with van der Waals surface area (Å²) in [6.45, 7) is 3.66. The highest BCUT2D eigenvalue weighted by molar-refractivity contribution is 5.90. The highest BCUT2D eigenvalue weighted by Gasteiger charge is 2.31. The van der Waals surface area contributed by atoms with Crippen LogP contribution in [0.4, 0.5) is 10.5 Å². The number of carbonyl (C=O) groups excluding carboxylic acids is 1. The van der Waals surface area contributed by atoms with E-state index in [1.165, 1.54) is 0 Å². The summed E-state index contributed by atoms with van der Waals surface area (Å²) in [6.07, 6.45) is 4.39. The van der Waals surface area contributed by atoms with Crippen LogP contribution in [-0.4, -0.2) is 34.5 Å². The summed E-state index contributed by atoms with van der Waals surface area (Å²) in [4.78, 5) is 23.5. The molecular formula is C23H28N2O6. The number of carboxylic acid groups (broad SMARTS) is 1. The Balaban J connectivity index is 1.41. The Morgan fingerprint density at radius 1 is 1.19 bits per heavy atom. The van der Waals surface area contributed by atoms with Crippen molar-refractivity contribution in [1.29, 1.82) is 0 Å². The number of carbonyl (C=O) groups is 2. The summed E-state index contributed by atoms with van der Waals surface area (Å²) in [5, 5.41) is 16.0. The predicted molar refractivity (Wildman–Crippen MR) is 113 cm³/mol. The van der Waals surface area contributed by atoms with Gasteiger partial charge in [0.25, 0.3) is 0 Å². The number of aryl methyl sites for hydroxylation is 1. The number of amides is 1. The number of ether oxygens (including phenoxy) is 2. The van der Waals surface area contributed by atoms with Gasteiger partial charge in [-0.05, 0) is 82.6 Å². The fourth-order valence-electron chi connectivity index (χ4n) is 4.03. The second-order valence-electron chi connectivity index (χ2n) is 8.51. The van der Waals surface area contributed by atoms with Crippen LogP contribution >= 0.6 is 0 Å². The van der Waals surface area contributed by atoms with Crippen LogP contribution in [0.25, 0.3) is 11.3 Å². The van der Waals surface area contributed by atoms with Crippen molar-refractivity contribution >= 4 is 17.7 Å². The molecule has 0 spiro atoms. The molecule has 3 atom stereocenters. The maximum Gasteiger partial charge on any atom is 0.412 e. The minimum atomic E-state index is -0.755. The van der Waals surface area contributed by atoms with E-state index < -0.39 is 12.1 Å². The molecule has 2 saturated carbocycles. The van der Waals surface area contributed by atoms with Gasteiger partial charge in [-0.15, -0.1) is 0 Å². The molecule has 1 heterocycles. The van der Waals surface area contributed by atoms with E-state index in [1.54, 1.807) is 6.92 Å². The molecule has 2 N–H and O–H groups in total. The van der Waals surface area contributed by atoms with Gasteiger partial charge in [-0.2, -0.15) is 0 Å². The molecule has 1 aromatic heterocycles. The normalized spacial score (nSPS) is 21.9. The zero-order chi connectivity index (χ0) is 22.0. The Bertz CT molecular complexity index is 934. The topological polar surface area (TPSA) is 111 Å². The smallest absolute Gasteiger partial charge is 0.412 e. The number of rotatable bonds is 7. The van der Waals surface area contributed by atoms with Crippen molar-refractivity contribution in [3.05, 3.63) is 30.0 Å². The summed E-state index contributed by atoms with van der Waals surface area (Å²) in [5.41, 5.74) is 1.79. The van der Waals surface area contributed by atoms with Crippen LogP contribution in [0.5, 0.6) is 5.75 Å². The third-order valence-electron chi connectivity index (χ3n) is 6.06.